The van der Waals surface area contributed by atoms with E-state index in [0.717, 1.165) is 4.88 Å². The van der Waals surface area contributed by atoms with Crippen molar-refractivity contribution < 1.29 is 8.42 Å². The second-order valence-electron chi connectivity index (χ2n) is 2.97. The number of alkyl halides is 1. The topological polar surface area (TPSA) is 37.4 Å². The summed E-state index contributed by atoms with van der Waals surface area (Å²) in [5.74, 6) is 0.360. The van der Waals surface area contributed by atoms with Crippen molar-refractivity contribution in [1.82, 2.24) is 4.31 Å². The van der Waals surface area contributed by atoms with E-state index in [1.54, 1.807) is 11.4 Å². The number of hydrogen-bond donors (Lipinski definition) is 0. The molecule has 86 valence electrons. The number of hydrogen-bond acceptors (Lipinski definition) is 3. The number of halogens is 1. The first kappa shape index (κ1) is 13.0. The van der Waals surface area contributed by atoms with Gasteiger partial charge in [0.2, 0.25) is 10.0 Å². The lowest BCUT2D eigenvalue weighted by Gasteiger charge is -2.17. The molecular formula is C9H14ClNO2S2. The van der Waals surface area contributed by atoms with Crippen molar-refractivity contribution in [3.05, 3.63) is 16.3 Å². The predicted molar refractivity (Wildman–Crippen MR) is 64.0 cm³/mol. The fraction of sp³-hybridized carbons (Fsp3) is 0.556. The van der Waals surface area contributed by atoms with Crippen LogP contribution in [0.25, 0.3) is 0 Å². The van der Waals surface area contributed by atoms with Gasteiger partial charge in [-0.05, 0) is 6.07 Å². The number of thiophene rings is 1. The molecule has 0 saturated carbocycles. The quantitative estimate of drug-likeness (QED) is 0.769. The Morgan fingerprint density at radius 3 is 2.40 bits per heavy atom. The van der Waals surface area contributed by atoms with E-state index in [0.29, 0.717) is 23.9 Å². The molecule has 3 nitrogen and oxygen atoms in total. The van der Waals surface area contributed by atoms with E-state index in [1.807, 2.05) is 13.8 Å². The highest BCUT2D eigenvalue weighted by Gasteiger charge is 2.22. The van der Waals surface area contributed by atoms with Gasteiger partial charge < -0.3 is 0 Å². The molecule has 15 heavy (non-hydrogen) atoms. The lowest BCUT2D eigenvalue weighted by molar-refractivity contribution is 0.445. The van der Waals surface area contributed by atoms with Crippen molar-refractivity contribution in [3.8, 4) is 0 Å². The zero-order chi connectivity index (χ0) is 11.5. The molecule has 1 heterocycles. The fourth-order valence-corrected chi connectivity index (χ4v) is 4.11. The molecule has 0 aliphatic rings. The third kappa shape index (κ3) is 2.72. The molecule has 0 N–H and O–H groups in total. The van der Waals surface area contributed by atoms with E-state index < -0.39 is 10.0 Å². The summed E-state index contributed by atoms with van der Waals surface area (Å²) >= 11 is 7.02. The lowest BCUT2D eigenvalue weighted by atomic mass is 10.5. The Kier molecular flexibility index (Phi) is 4.58. The Morgan fingerprint density at radius 2 is 2.00 bits per heavy atom. The van der Waals surface area contributed by atoms with Gasteiger partial charge in [-0.25, -0.2) is 8.42 Å². The largest absolute Gasteiger partial charge is 0.243 e. The molecule has 0 saturated heterocycles. The first-order valence-electron chi connectivity index (χ1n) is 4.69. The Labute approximate surface area is 99.7 Å². The van der Waals surface area contributed by atoms with Crippen LogP contribution in [0, 0.1) is 0 Å². The third-order valence-electron chi connectivity index (χ3n) is 2.10. The maximum atomic E-state index is 12.0. The van der Waals surface area contributed by atoms with Crippen LogP contribution in [0.4, 0.5) is 0 Å². The van der Waals surface area contributed by atoms with Gasteiger partial charge in [-0.15, -0.1) is 22.9 Å². The Hall–Kier alpha value is -0.100. The van der Waals surface area contributed by atoms with Crippen molar-refractivity contribution in [2.24, 2.45) is 0 Å². The number of nitrogens with zero attached hydrogens (tertiary/aromatic N) is 1. The molecule has 1 aromatic rings. The molecule has 1 rings (SSSR count). The van der Waals surface area contributed by atoms with Gasteiger partial charge in [0.15, 0.2) is 0 Å². The zero-order valence-electron chi connectivity index (χ0n) is 8.73. The fourth-order valence-electron chi connectivity index (χ4n) is 1.28. The van der Waals surface area contributed by atoms with Crippen LogP contribution in [0.5, 0.6) is 0 Å². The van der Waals surface area contributed by atoms with E-state index in [4.69, 9.17) is 11.6 Å². The van der Waals surface area contributed by atoms with Gasteiger partial charge in [0, 0.05) is 23.3 Å². The van der Waals surface area contributed by atoms with E-state index in [-0.39, 0.29) is 0 Å². The SMILES string of the molecule is CCN(CC)S(=O)(=O)c1csc(CCl)c1. The van der Waals surface area contributed by atoms with Gasteiger partial charge in [0.1, 0.15) is 0 Å². The lowest BCUT2D eigenvalue weighted by Crippen LogP contribution is -2.30. The van der Waals surface area contributed by atoms with Crippen LogP contribution < -0.4 is 0 Å². The maximum absolute atomic E-state index is 12.0. The minimum atomic E-state index is -3.31. The van der Waals surface area contributed by atoms with E-state index >= 15 is 0 Å². The molecule has 0 spiro atoms. The maximum Gasteiger partial charge on any atom is 0.243 e. The first-order valence-corrected chi connectivity index (χ1v) is 7.55. The molecule has 0 aliphatic heterocycles. The average molecular weight is 268 g/mol. The predicted octanol–water partition coefficient (Wildman–Crippen LogP) is 2.52. The molecular weight excluding hydrogens is 254 g/mol. The van der Waals surface area contributed by atoms with Crippen molar-refractivity contribution in [3.63, 3.8) is 0 Å². The van der Waals surface area contributed by atoms with Crippen LogP contribution in [0.15, 0.2) is 16.3 Å². The highest BCUT2D eigenvalue weighted by molar-refractivity contribution is 7.89. The summed E-state index contributed by atoms with van der Waals surface area (Å²) in [6.45, 7) is 4.64. The van der Waals surface area contributed by atoms with E-state index in [9.17, 15) is 8.42 Å². The first-order chi connectivity index (χ1) is 7.06. The minimum absolute atomic E-state index is 0.354. The summed E-state index contributed by atoms with van der Waals surface area (Å²) in [6.07, 6.45) is 0. The number of rotatable bonds is 5. The summed E-state index contributed by atoms with van der Waals surface area (Å²) in [4.78, 5) is 1.23. The van der Waals surface area contributed by atoms with Gasteiger partial charge in [-0.3, -0.25) is 0 Å². The number of sulfonamides is 1. The summed E-state index contributed by atoms with van der Waals surface area (Å²) in [5, 5.41) is 1.64. The smallest absolute Gasteiger partial charge is 0.207 e. The molecule has 1 aromatic heterocycles. The standard InChI is InChI=1S/C9H14ClNO2S2/c1-3-11(4-2)15(12,13)9-5-8(6-10)14-7-9/h5,7H,3-4,6H2,1-2H3. The van der Waals surface area contributed by atoms with E-state index in [2.05, 4.69) is 0 Å². The summed E-state index contributed by atoms with van der Waals surface area (Å²) in [6, 6.07) is 1.64. The van der Waals surface area contributed by atoms with Gasteiger partial charge in [-0.2, -0.15) is 4.31 Å². The minimum Gasteiger partial charge on any atom is -0.207 e. The normalized spacial score (nSPS) is 12.3. The molecule has 0 amide bonds. The Balaban J connectivity index is 3.04. The van der Waals surface area contributed by atoms with Crippen LogP contribution in [-0.2, 0) is 15.9 Å². The monoisotopic (exact) mass is 267 g/mol. The Morgan fingerprint density at radius 1 is 1.40 bits per heavy atom. The second kappa shape index (κ2) is 5.30. The van der Waals surface area contributed by atoms with Crippen LogP contribution in [0.3, 0.4) is 0 Å². The van der Waals surface area contributed by atoms with Gasteiger partial charge in [0.25, 0.3) is 0 Å². The zero-order valence-corrected chi connectivity index (χ0v) is 11.1. The highest BCUT2D eigenvalue weighted by Crippen LogP contribution is 2.23. The van der Waals surface area contributed by atoms with Crippen molar-refractivity contribution in [1.29, 1.82) is 0 Å². The molecule has 0 aromatic carbocycles. The average Bonchev–Trinajstić information content (AvgIpc) is 2.67. The summed E-state index contributed by atoms with van der Waals surface area (Å²) in [5.41, 5.74) is 0. The summed E-state index contributed by atoms with van der Waals surface area (Å²) < 4.78 is 25.5. The molecule has 0 bridgehead atoms. The van der Waals surface area contributed by atoms with Gasteiger partial charge in [-0.1, -0.05) is 13.8 Å². The molecule has 0 unspecified atom stereocenters. The van der Waals surface area contributed by atoms with Gasteiger partial charge in [0.05, 0.1) is 10.8 Å². The molecule has 0 aliphatic carbocycles. The van der Waals surface area contributed by atoms with Crippen molar-refractivity contribution in [2.45, 2.75) is 24.6 Å². The van der Waals surface area contributed by atoms with Crippen LogP contribution in [0.2, 0.25) is 0 Å². The van der Waals surface area contributed by atoms with Crippen LogP contribution >= 0.6 is 22.9 Å². The second-order valence-corrected chi connectivity index (χ2v) is 6.17. The molecule has 0 fully saturated rings. The summed E-state index contributed by atoms with van der Waals surface area (Å²) in [7, 11) is -3.31. The Bertz CT molecular complexity index is 410. The van der Waals surface area contributed by atoms with Gasteiger partial charge >= 0.3 is 0 Å². The van der Waals surface area contributed by atoms with Crippen molar-refractivity contribution >= 4 is 33.0 Å². The van der Waals surface area contributed by atoms with Crippen LogP contribution in [0.1, 0.15) is 18.7 Å². The highest BCUT2D eigenvalue weighted by atomic mass is 35.5. The molecule has 0 atom stereocenters. The molecule has 6 heteroatoms. The van der Waals surface area contributed by atoms with E-state index in [1.165, 1.54) is 15.6 Å². The van der Waals surface area contributed by atoms with Crippen molar-refractivity contribution in [2.75, 3.05) is 13.1 Å². The third-order valence-corrected chi connectivity index (χ3v) is 5.66. The molecule has 0 radical (unpaired) electrons. The van der Waals surface area contributed by atoms with Crippen LogP contribution in [-0.4, -0.2) is 25.8 Å².